The van der Waals surface area contributed by atoms with Gasteiger partial charge in [-0.25, -0.2) is 0 Å². The van der Waals surface area contributed by atoms with Crippen molar-refractivity contribution in [1.29, 1.82) is 0 Å². The number of ether oxygens (including phenoxy) is 1. The van der Waals surface area contributed by atoms with Crippen LogP contribution in [0.2, 0.25) is 19.6 Å². The first-order chi connectivity index (χ1) is 8.04. The third-order valence-corrected chi connectivity index (χ3v) is 3.62. The highest BCUT2D eigenvalue weighted by atomic mass is 28.3. The fraction of sp³-hybridized carbons (Fsp3) is 0.615. The summed E-state index contributed by atoms with van der Waals surface area (Å²) in [5, 5.41) is 4.41. The molecule has 0 spiro atoms. The molecule has 0 radical (unpaired) electrons. The smallest absolute Gasteiger partial charge is 0.129 e. The summed E-state index contributed by atoms with van der Waals surface area (Å²) in [6.07, 6.45) is 6.07. The molecular formula is C13H20N2OSi. The molecule has 0 aromatic carbocycles. The molecule has 0 aliphatic carbocycles. The predicted molar refractivity (Wildman–Crippen MR) is 71.5 cm³/mol. The van der Waals surface area contributed by atoms with Crippen LogP contribution in [0.1, 0.15) is 24.4 Å². The van der Waals surface area contributed by atoms with Crippen LogP contribution in [0.15, 0.2) is 12.4 Å². The minimum atomic E-state index is -1.29. The van der Waals surface area contributed by atoms with E-state index in [4.69, 9.17) is 4.74 Å². The Hall–Kier alpha value is -1.05. The summed E-state index contributed by atoms with van der Waals surface area (Å²) in [6.45, 7) is 8.45. The molecule has 0 atom stereocenters. The monoisotopic (exact) mass is 248 g/mol. The molecule has 4 heteroatoms. The zero-order valence-electron chi connectivity index (χ0n) is 10.9. The van der Waals surface area contributed by atoms with Gasteiger partial charge in [0.05, 0.1) is 17.8 Å². The normalized spacial score (nSPS) is 17.6. The van der Waals surface area contributed by atoms with Gasteiger partial charge in [-0.2, -0.15) is 5.10 Å². The van der Waals surface area contributed by atoms with Crippen LogP contribution in [0.4, 0.5) is 0 Å². The molecule has 2 heterocycles. The second-order valence-electron chi connectivity index (χ2n) is 5.55. The van der Waals surface area contributed by atoms with Gasteiger partial charge in [-0.3, -0.25) is 4.68 Å². The fourth-order valence-electron chi connectivity index (χ4n) is 1.81. The molecule has 0 unspecified atom stereocenters. The summed E-state index contributed by atoms with van der Waals surface area (Å²) in [7, 11) is -1.29. The summed E-state index contributed by atoms with van der Waals surface area (Å²) in [5.41, 5.74) is 4.41. The Bertz CT molecular complexity index is 430. The highest BCUT2D eigenvalue weighted by Gasteiger charge is 2.16. The topological polar surface area (TPSA) is 27.1 Å². The average molecular weight is 248 g/mol. The fourth-order valence-corrected chi connectivity index (χ4v) is 2.33. The SMILES string of the molecule is C[Si](C)(C)C#Cc1cnn(C2CCOCC2)c1. The van der Waals surface area contributed by atoms with E-state index in [1.807, 2.05) is 6.20 Å². The third kappa shape index (κ3) is 3.72. The first-order valence-corrected chi connectivity index (χ1v) is 9.70. The van der Waals surface area contributed by atoms with Gasteiger partial charge in [-0.05, 0) is 12.8 Å². The lowest BCUT2D eigenvalue weighted by atomic mass is 10.1. The lowest BCUT2D eigenvalue weighted by Crippen LogP contribution is -2.19. The molecule has 0 saturated carbocycles. The molecule has 1 saturated heterocycles. The predicted octanol–water partition coefficient (Wildman–Crippen LogP) is 2.46. The van der Waals surface area contributed by atoms with Crippen LogP contribution in [-0.2, 0) is 4.74 Å². The van der Waals surface area contributed by atoms with E-state index in [-0.39, 0.29) is 0 Å². The van der Waals surface area contributed by atoms with E-state index in [0.717, 1.165) is 31.6 Å². The molecule has 1 aliphatic rings. The first kappa shape index (κ1) is 12.4. The van der Waals surface area contributed by atoms with Gasteiger partial charge in [0.15, 0.2) is 0 Å². The molecule has 3 nitrogen and oxygen atoms in total. The van der Waals surface area contributed by atoms with Crippen molar-refractivity contribution in [2.75, 3.05) is 13.2 Å². The number of aromatic nitrogens is 2. The summed E-state index contributed by atoms with van der Waals surface area (Å²) >= 11 is 0. The molecule has 92 valence electrons. The van der Waals surface area contributed by atoms with E-state index in [2.05, 4.69) is 47.1 Å². The number of nitrogens with zero attached hydrogens (tertiary/aromatic N) is 2. The molecule has 0 N–H and O–H groups in total. The van der Waals surface area contributed by atoms with Crippen LogP contribution in [0, 0.1) is 11.5 Å². The van der Waals surface area contributed by atoms with Crippen LogP contribution < -0.4 is 0 Å². The Morgan fingerprint density at radius 3 is 2.71 bits per heavy atom. The minimum Gasteiger partial charge on any atom is -0.381 e. The maximum absolute atomic E-state index is 5.36. The van der Waals surface area contributed by atoms with Crippen molar-refractivity contribution in [2.45, 2.75) is 38.5 Å². The summed E-state index contributed by atoms with van der Waals surface area (Å²) in [4.78, 5) is 0. The molecule has 0 amide bonds. The van der Waals surface area contributed by atoms with Gasteiger partial charge in [-0.15, -0.1) is 5.54 Å². The number of hydrogen-bond donors (Lipinski definition) is 0. The maximum atomic E-state index is 5.36. The van der Waals surface area contributed by atoms with Crippen molar-refractivity contribution in [1.82, 2.24) is 9.78 Å². The van der Waals surface area contributed by atoms with E-state index >= 15 is 0 Å². The molecule has 2 rings (SSSR count). The quantitative estimate of drug-likeness (QED) is 0.564. The zero-order chi connectivity index (χ0) is 12.3. The van der Waals surface area contributed by atoms with Crippen molar-refractivity contribution in [3.05, 3.63) is 18.0 Å². The molecule has 0 bridgehead atoms. The van der Waals surface area contributed by atoms with E-state index in [1.54, 1.807) is 0 Å². The lowest BCUT2D eigenvalue weighted by Gasteiger charge is -2.22. The molecule has 1 aromatic heterocycles. The van der Waals surface area contributed by atoms with Gasteiger partial charge in [0.1, 0.15) is 8.07 Å². The van der Waals surface area contributed by atoms with Crippen molar-refractivity contribution >= 4 is 8.07 Å². The van der Waals surface area contributed by atoms with Gasteiger partial charge < -0.3 is 4.74 Å². The Labute approximate surface area is 104 Å². The van der Waals surface area contributed by atoms with E-state index in [0.29, 0.717) is 6.04 Å². The largest absolute Gasteiger partial charge is 0.381 e. The second kappa shape index (κ2) is 5.07. The second-order valence-corrected chi connectivity index (χ2v) is 10.3. The van der Waals surface area contributed by atoms with Crippen LogP contribution >= 0.6 is 0 Å². The van der Waals surface area contributed by atoms with Gasteiger partial charge in [0.2, 0.25) is 0 Å². The summed E-state index contributed by atoms with van der Waals surface area (Å²) in [6, 6.07) is 0.492. The van der Waals surface area contributed by atoms with Crippen molar-refractivity contribution < 1.29 is 4.74 Å². The van der Waals surface area contributed by atoms with Crippen molar-refractivity contribution in [3.63, 3.8) is 0 Å². The molecule has 1 aromatic rings. The Kier molecular flexibility index (Phi) is 3.70. The van der Waals surface area contributed by atoms with E-state index in [1.165, 1.54) is 0 Å². The minimum absolute atomic E-state index is 0.492. The molecule has 17 heavy (non-hydrogen) atoms. The van der Waals surface area contributed by atoms with Crippen LogP contribution in [0.25, 0.3) is 0 Å². The highest BCUT2D eigenvalue weighted by Crippen LogP contribution is 2.19. The third-order valence-electron chi connectivity index (χ3n) is 2.75. The molecular weight excluding hydrogens is 228 g/mol. The molecule has 1 aliphatic heterocycles. The van der Waals surface area contributed by atoms with E-state index in [9.17, 15) is 0 Å². The molecule has 1 fully saturated rings. The Morgan fingerprint density at radius 1 is 1.35 bits per heavy atom. The van der Waals surface area contributed by atoms with Crippen LogP contribution in [0.5, 0.6) is 0 Å². The number of rotatable bonds is 1. The van der Waals surface area contributed by atoms with E-state index < -0.39 is 8.07 Å². The van der Waals surface area contributed by atoms with Gasteiger partial charge >= 0.3 is 0 Å². The standard InChI is InChI=1S/C13H20N2OSi/c1-17(2,3)9-6-12-10-14-15(11-12)13-4-7-16-8-5-13/h10-11,13H,4-5,7-8H2,1-3H3. The summed E-state index contributed by atoms with van der Waals surface area (Å²) < 4.78 is 7.41. The Morgan fingerprint density at radius 2 is 2.06 bits per heavy atom. The zero-order valence-corrected chi connectivity index (χ0v) is 11.9. The van der Waals surface area contributed by atoms with Gasteiger partial charge in [0, 0.05) is 19.4 Å². The maximum Gasteiger partial charge on any atom is 0.129 e. The lowest BCUT2D eigenvalue weighted by molar-refractivity contribution is 0.0662. The first-order valence-electron chi connectivity index (χ1n) is 6.20. The number of hydrogen-bond acceptors (Lipinski definition) is 2. The van der Waals surface area contributed by atoms with Gasteiger partial charge in [0.25, 0.3) is 0 Å². The van der Waals surface area contributed by atoms with Crippen molar-refractivity contribution in [2.24, 2.45) is 0 Å². The average Bonchev–Trinajstić information content (AvgIpc) is 2.75. The highest BCUT2D eigenvalue weighted by molar-refractivity contribution is 6.83. The summed E-state index contributed by atoms with van der Waals surface area (Å²) in [5.74, 6) is 3.24. The van der Waals surface area contributed by atoms with Crippen molar-refractivity contribution in [3.8, 4) is 11.5 Å². The van der Waals surface area contributed by atoms with Crippen LogP contribution in [-0.4, -0.2) is 31.1 Å². The van der Waals surface area contributed by atoms with Gasteiger partial charge in [-0.1, -0.05) is 25.6 Å². The Balaban J connectivity index is 2.07. The van der Waals surface area contributed by atoms with Crippen LogP contribution in [0.3, 0.4) is 0 Å².